The lowest BCUT2D eigenvalue weighted by Crippen LogP contribution is -2.04. The van der Waals surface area contributed by atoms with Crippen LogP contribution in [0.3, 0.4) is 0 Å². The quantitative estimate of drug-likeness (QED) is 0.665. The normalized spacial score (nSPS) is 10.7. The van der Waals surface area contributed by atoms with Crippen molar-refractivity contribution < 1.29 is 0 Å². The van der Waals surface area contributed by atoms with Crippen molar-refractivity contribution in [3.63, 3.8) is 0 Å². The highest BCUT2D eigenvalue weighted by atomic mass is 14.8. The minimum atomic E-state index is 0.398. The van der Waals surface area contributed by atoms with Crippen molar-refractivity contribution in [3.8, 4) is 0 Å². The van der Waals surface area contributed by atoms with Gasteiger partial charge in [0.1, 0.15) is 5.82 Å². The molecule has 0 atom stereocenters. The maximum Gasteiger partial charge on any atom is 0.126 e. The molecule has 0 spiro atoms. The summed E-state index contributed by atoms with van der Waals surface area (Å²) in [5.41, 5.74) is 14.3. The van der Waals surface area contributed by atoms with Crippen LogP contribution in [0.15, 0.2) is 6.20 Å². The van der Waals surface area contributed by atoms with E-state index in [0.717, 1.165) is 16.8 Å². The summed E-state index contributed by atoms with van der Waals surface area (Å²) in [7, 11) is 0. The summed E-state index contributed by atoms with van der Waals surface area (Å²) >= 11 is 0. The van der Waals surface area contributed by atoms with Crippen LogP contribution >= 0.6 is 0 Å². The molecule has 0 aliphatic carbocycles. The average molecular weight is 165 g/mol. The van der Waals surface area contributed by atoms with Crippen LogP contribution in [-0.2, 0) is 0 Å². The summed E-state index contributed by atoms with van der Waals surface area (Å²) in [5.74, 6) is 0.975. The Morgan fingerprint density at radius 2 is 1.92 bits per heavy atom. The van der Waals surface area contributed by atoms with E-state index in [1.807, 2.05) is 6.92 Å². The maximum atomic E-state index is 5.77. The van der Waals surface area contributed by atoms with Crippen LogP contribution < -0.4 is 11.5 Å². The molecule has 4 N–H and O–H groups in total. The Morgan fingerprint density at radius 1 is 1.33 bits per heavy atom. The third-order valence-electron chi connectivity index (χ3n) is 2.02. The molecular formula is C9H15N3. The van der Waals surface area contributed by atoms with Crippen molar-refractivity contribution in [3.05, 3.63) is 17.3 Å². The second kappa shape index (κ2) is 3.01. The molecule has 0 fully saturated rings. The first-order valence-corrected chi connectivity index (χ1v) is 4.04. The molecule has 0 bridgehead atoms. The van der Waals surface area contributed by atoms with Crippen LogP contribution in [0.25, 0.3) is 0 Å². The maximum absolute atomic E-state index is 5.77. The van der Waals surface area contributed by atoms with Gasteiger partial charge in [-0.2, -0.15) is 0 Å². The van der Waals surface area contributed by atoms with Crippen molar-refractivity contribution >= 4 is 11.5 Å². The molecule has 1 rings (SSSR count). The third kappa shape index (κ3) is 1.35. The lowest BCUT2D eigenvalue weighted by Gasteiger charge is -2.13. The molecule has 0 radical (unpaired) electrons. The second-order valence-electron chi connectivity index (χ2n) is 3.29. The van der Waals surface area contributed by atoms with E-state index in [0.29, 0.717) is 11.7 Å². The van der Waals surface area contributed by atoms with Crippen LogP contribution in [0, 0.1) is 6.92 Å². The Morgan fingerprint density at radius 3 is 2.33 bits per heavy atom. The summed E-state index contributed by atoms with van der Waals surface area (Å²) in [5, 5.41) is 0. The van der Waals surface area contributed by atoms with E-state index in [1.165, 1.54) is 0 Å². The van der Waals surface area contributed by atoms with Crippen LogP contribution in [0.5, 0.6) is 0 Å². The highest BCUT2D eigenvalue weighted by Crippen LogP contribution is 2.27. The molecule has 0 unspecified atom stereocenters. The van der Waals surface area contributed by atoms with Crippen molar-refractivity contribution in [1.82, 2.24) is 4.98 Å². The van der Waals surface area contributed by atoms with E-state index in [1.54, 1.807) is 6.20 Å². The summed E-state index contributed by atoms with van der Waals surface area (Å²) < 4.78 is 0. The first kappa shape index (κ1) is 8.84. The first-order valence-electron chi connectivity index (χ1n) is 4.04. The van der Waals surface area contributed by atoms with Crippen LogP contribution in [-0.4, -0.2) is 4.98 Å². The minimum absolute atomic E-state index is 0.398. The molecule has 66 valence electrons. The van der Waals surface area contributed by atoms with E-state index in [4.69, 9.17) is 11.5 Å². The SMILES string of the molecule is Cc1c(N)ncc(N)c1C(C)C. The van der Waals surface area contributed by atoms with Gasteiger partial charge in [0, 0.05) is 0 Å². The van der Waals surface area contributed by atoms with Gasteiger partial charge < -0.3 is 11.5 Å². The Kier molecular flexibility index (Phi) is 2.22. The van der Waals surface area contributed by atoms with Gasteiger partial charge in [0.25, 0.3) is 0 Å². The highest BCUT2D eigenvalue weighted by molar-refractivity contribution is 5.57. The van der Waals surface area contributed by atoms with Crippen molar-refractivity contribution in [1.29, 1.82) is 0 Å². The fourth-order valence-corrected chi connectivity index (χ4v) is 1.43. The molecular weight excluding hydrogens is 150 g/mol. The van der Waals surface area contributed by atoms with Gasteiger partial charge in [0.05, 0.1) is 11.9 Å². The molecule has 1 aromatic heterocycles. The molecule has 3 nitrogen and oxygen atoms in total. The van der Waals surface area contributed by atoms with E-state index in [-0.39, 0.29) is 0 Å². The number of nitrogens with two attached hydrogens (primary N) is 2. The lowest BCUT2D eigenvalue weighted by atomic mass is 9.98. The van der Waals surface area contributed by atoms with Gasteiger partial charge in [0.2, 0.25) is 0 Å². The summed E-state index contributed by atoms with van der Waals surface area (Å²) in [6, 6.07) is 0. The average Bonchev–Trinajstić information content (AvgIpc) is 1.97. The highest BCUT2D eigenvalue weighted by Gasteiger charge is 2.10. The van der Waals surface area contributed by atoms with Crippen molar-refractivity contribution in [2.24, 2.45) is 0 Å². The number of anilines is 2. The largest absolute Gasteiger partial charge is 0.397 e. The Labute approximate surface area is 72.8 Å². The molecule has 0 saturated carbocycles. The number of nitrogen functional groups attached to an aromatic ring is 2. The second-order valence-corrected chi connectivity index (χ2v) is 3.29. The molecule has 1 heterocycles. The number of hydrogen-bond acceptors (Lipinski definition) is 3. The molecule has 0 aromatic carbocycles. The van der Waals surface area contributed by atoms with Crippen LogP contribution in [0.1, 0.15) is 30.9 Å². The van der Waals surface area contributed by atoms with Crippen molar-refractivity contribution in [2.45, 2.75) is 26.7 Å². The van der Waals surface area contributed by atoms with Gasteiger partial charge in [-0.1, -0.05) is 13.8 Å². The molecule has 3 heteroatoms. The number of nitrogens with zero attached hydrogens (tertiary/aromatic N) is 1. The van der Waals surface area contributed by atoms with Gasteiger partial charge >= 0.3 is 0 Å². The zero-order valence-electron chi connectivity index (χ0n) is 7.76. The summed E-state index contributed by atoms with van der Waals surface area (Å²) in [6.45, 7) is 6.14. The summed E-state index contributed by atoms with van der Waals surface area (Å²) in [6.07, 6.45) is 1.62. The zero-order valence-corrected chi connectivity index (χ0v) is 7.76. The van der Waals surface area contributed by atoms with E-state index in [9.17, 15) is 0 Å². The fourth-order valence-electron chi connectivity index (χ4n) is 1.43. The van der Waals surface area contributed by atoms with E-state index in [2.05, 4.69) is 18.8 Å². The Balaban J connectivity index is 3.33. The molecule has 0 amide bonds. The summed E-state index contributed by atoms with van der Waals surface area (Å²) in [4.78, 5) is 3.97. The van der Waals surface area contributed by atoms with Gasteiger partial charge in [-0.3, -0.25) is 0 Å². The minimum Gasteiger partial charge on any atom is -0.397 e. The van der Waals surface area contributed by atoms with Gasteiger partial charge in [-0.15, -0.1) is 0 Å². The van der Waals surface area contributed by atoms with Crippen molar-refractivity contribution in [2.75, 3.05) is 11.5 Å². The Bertz CT molecular complexity index is 292. The fraction of sp³-hybridized carbons (Fsp3) is 0.444. The molecule has 0 aliphatic heterocycles. The molecule has 0 saturated heterocycles. The monoisotopic (exact) mass is 165 g/mol. The zero-order chi connectivity index (χ0) is 9.30. The Hall–Kier alpha value is -1.25. The number of hydrogen-bond donors (Lipinski definition) is 2. The topological polar surface area (TPSA) is 64.9 Å². The molecule has 12 heavy (non-hydrogen) atoms. The first-order chi connectivity index (χ1) is 5.54. The predicted octanol–water partition coefficient (Wildman–Crippen LogP) is 1.68. The van der Waals surface area contributed by atoms with Crippen LogP contribution in [0.2, 0.25) is 0 Å². The lowest BCUT2D eigenvalue weighted by molar-refractivity contribution is 0.857. The smallest absolute Gasteiger partial charge is 0.126 e. The van der Waals surface area contributed by atoms with Gasteiger partial charge in [0.15, 0.2) is 0 Å². The number of rotatable bonds is 1. The number of pyridine rings is 1. The predicted molar refractivity (Wildman–Crippen MR) is 51.9 cm³/mol. The van der Waals surface area contributed by atoms with E-state index < -0.39 is 0 Å². The van der Waals surface area contributed by atoms with Gasteiger partial charge in [-0.05, 0) is 24.0 Å². The number of aromatic nitrogens is 1. The third-order valence-corrected chi connectivity index (χ3v) is 2.02. The standard InChI is InChI=1S/C9H15N3/c1-5(2)8-6(3)9(11)12-4-7(8)10/h4-5H,10H2,1-3H3,(H2,11,12). The molecule has 0 aliphatic rings. The molecule has 1 aromatic rings. The van der Waals surface area contributed by atoms with Crippen LogP contribution in [0.4, 0.5) is 11.5 Å². The van der Waals surface area contributed by atoms with E-state index >= 15 is 0 Å². The van der Waals surface area contributed by atoms with Gasteiger partial charge in [-0.25, -0.2) is 4.98 Å².